The molecule has 0 fully saturated rings. The molecule has 134 valence electrons. The summed E-state index contributed by atoms with van der Waals surface area (Å²) >= 11 is 12.7. The molecule has 1 aromatic heterocycles. The van der Waals surface area contributed by atoms with Crippen molar-refractivity contribution in [3.63, 3.8) is 0 Å². The number of nitrogens with zero attached hydrogens (tertiary/aromatic N) is 1. The van der Waals surface area contributed by atoms with E-state index in [-0.39, 0.29) is 27.4 Å². The minimum Gasteiger partial charge on any atom is -0.460 e. The van der Waals surface area contributed by atoms with Crippen molar-refractivity contribution in [2.75, 3.05) is 11.3 Å². The predicted molar refractivity (Wildman–Crippen MR) is 95.1 cm³/mol. The Hall–Kier alpha value is -1.68. The topological polar surface area (TPSA) is 102 Å². The van der Waals surface area contributed by atoms with Gasteiger partial charge in [-0.2, -0.15) is 0 Å². The summed E-state index contributed by atoms with van der Waals surface area (Å²) in [5.41, 5.74) is 0.143. The van der Waals surface area contributed by atoms with Crippen molar-refractivity contribution in [3.05, 3.63) is 38.8 Å². The highest BCUT2D eigenvalue weighted by atomic mass is 35.5. The Labute approximate surface area is 158 Å². The van der Waals surface area contributed by atoms with Crippen LogP contribution in [0.5, 0.6) is 0 Å². The number of hydrogen-bond donors (Lipinski definition) is 1. The standard InChI is InChI=1S/C14H12Cl2N2O5S2/c1-3-23-13(20)11(19)10-6-24-14(17-10)18-25(21,22)12-7(2)4-8(15)5-9(12)16/h4-6H,3H2,1-2H3,(H,17,18). The zero-order valence-corrected chi connectivity index (χ0v) is 16.1. The van der Waals surface area contributed by atoms with Crippen LogP contribution in [0.3, 0.4) is 0 Å². The molecule has 0 radical (unpaired) electrons. The number of nitrogens with one attached hydrogen (secondary N) is 1. The summed E-state index contributed by atoms with van der Waals surface area (Å²) < 4.78 is 31.9. The summed E-state index contributed by atoms with van der Waals surface area (Å²) in [5.74, 6) is -2.01. The molecular formula is C14H12Cl2N2O5S2. The lowest BCUT2D eigenvalue weighted by Crippen LogP contribution is -2.18. The first-order valence-electron chi connectivity index (χ1n) is 6.81. The zero-order chi connectivity index (χ0) is 18.8. The Bertz CT molecular complexity index is 917. The Balaban J connectivity index is 2.29. The summed E-state index contributed by atoms with van der Waals surface area (Å²) in [6, 6.07) is 2.77. The van der Waals surface area contributed by atoms with Crippen molar-refractivity contribution in [2.45, 2.75) is 18.7 Å². The van der Waals surface area contributed by atoms with E-state index in [1.807, 2.05) is 0 Å². The maximum atomic E-state index is 12.5. The molecule has 0 saturated carbocycles. The molecule has 11 heteroatoms. The molecule has 0 aliphatic carbocycles. The molecule has 0 unspecified atom stereocenters. The van der Waals surface area contributed by atoms with Gasteiger partial charge >= 0.3 is 5.97 Å². The van der Waals surface area contributed by atoms with E-state index in [0.29, 0.717) is 10.6 Å². The third-order valence-corrected chi connectivity index (χ3v) is 5.94. The zero-order valence-electron chi connectivity index (χ0n) is 13.0. The number of hydrogen-bond acceptors (Lipinski definition) is 7. The molecule has 0 aliphatic rings. The Morgan fingerprint density at radius 1 is 1.32 bits per heavy atom. The first-order valence-corrected chi connectivity index (χ1v) is 9.93. The molecule has 2 aromatic rings. The number of carbonyl (C=O) groups is 2. The van der Waals surface area contributed by atoms with Crippen LogP contribution in [0.1, 0.15) is 23.0 Å². The van der Waals surface area contributed by atoms with Gasteiger partial charge in [0.25, 0.3) is 15.8 Å². The fraction of sp³-hybridized carbons (Fsp3) is 0.214. The molecule has 0 amide bonds. The van der Waals surface area contributed by atoms with Gasteiger partial charge in [0.05, 0.1) is 11.6 Å². The second kappa shape index (κ2) is 7.69. The summed E-state index contributed by atoms with van der Waals surface area (Å²) in [6.07, 6.45) is 0. The van der Waals surface area contributed by atoms with Crippen LogP contribution in [0.25, 0.3) is 0 Å². The number of aromatic nitrogens is 1. The number of anilines is 1. The van der Waals surface area contributed by atoms with E-state index in [9.17, 15) is 18.0 Å². The molecule has 1 heterocycles. The number of rotatable bonds is 6. The lowest BCUT2D eigenvalue weighted by molar-refractivity contribution is -0.137. The molecule has 0 spiro atoms. The van der Waals surface area contributed by atoms with Gasteiger partial charge in [-0.1, -0.05) is 23.2 Å². The van der Waals surface area contributed by atoms with E-state index in [1.165, 1.54) is 17.5 Å². The maximum Gasteiger partial charge on any atom is 0.381 e. The molecular weight excluding hydrogens is 411 g/mol. The average molecular weight is 423 g/mol. The number of carbonyl (C=O) groups excluding carboxylic acids is 2. The van der Waals surface area contributed by atoms with Gasteiger partial charge in [-0.3, -0.25) is 9.52 Å². The molecule has 1 aromatic carbocycles. The van der Waals surface area contributed by atoms with E-state index >= 15 is 0 Å². The van der Waals surface area contributed by atoms with E-state index in [1.54, 1.807) is 13.8 Å². The molecule has 0 bridgehead atoms. The van der Waals surface area contributed by atoms with Gasteiger partial charge in [-0.25, -0.2) is 18.2 Å². The predicted octanol–water partition coefficient (Wildman–Crippen LogP) is 3.30. The quantitative estimate of drug-likeness (QED) is 0.435. The second-order valence-electron chi connectivity index (χ2n) is 4.73. The van der Waals surface area contributed by atoms with E-state index in [0.717, 1.165) is 11.3 Å². The molecule has 25 heavy (non-hydrogen) atoms. The summed E-state index contributed by atoms with van der Waals surface area (Å²) in [5, 5.41) is 1.43. The lowest BCUT2D eigenvalue weighted by atomic mass is 10.2. The van der Waals surface area contributed by atoms with E-state index in [2.05, 4.69) is 14.4 Å². The Morgan fingerprint density at radius 3 is 2.60 bits per heavy atom. The molecule has 0 atom stereocenters. The minimum absolute atomic E-state index is 0.0442. The van der Waals surface area contributed by atoms with Gasteiger partial charge in [0.15, 0.2) is 5.13 Å². The van der Waals surface area contributed by atoms with Gasteiger partial charge < -0.3 is 4.74 Å². The van der Waals surface area contributed by atoms with Crippen molar-refractivity contribution in [3.8, 4) is 0 Å². The highest BCUT2D eigenvalue weighted by Gasteiger charge is 2.25. The number of halogens is 2. The molecule has 1 N–H and O–H groups in total. The number of ketones is 1. The minimum atomic E-state index is -4.05. The van der Waals surface area contributed by atoms with Crippen LogP contribution in [-0.2, 0) is 19.6 Å². The monoisotopic (exact) mass is 422 g/mol. The van der Waals surface area contributed by atoms with Gasteiger partial charge in [0.1, 0.15) is 10.6 Å². The number of sulfonamides is 1. The molecule has 7 nitrogen and oxygen atoms in total. The van der Waals surface area contributed by atoms with Crippen LogP contribution in [0.4, 0.5) is 5.13 Å². The van der Waals surface area contributed by atoms with E-state index in [4.69, 9.17) is 23.2 Å². The van der Waals surface area contributed by atoms with Gasteiger partial charge in [-0.15, -0.1) is 11.3 Å². The number of ether oxygens (including phenoxy) is 1. The van der Waals surface area contributed by atoms with Crippen LogP contribution in [-0.4, -0.2) is 31.8 Å². The number of esters is 1. The third-order valence-electron chi connectivity index (χ3n) is 2.88. The van der Waals surface area contributed by atoms with Crippen LogP contribution >= 0.6 is 34.5 Å². The fourth-order valence-electron chi connectivity index (χ4n) is 1.92. The first kappa shape index (κ1) is 19.6. The second-order valence-corrected chi connectivity index (χ2v) is 8.05. The maximum absolute atomic E-state index is 12.5. The average Bonchev–Trinajstić information content (AvgIpc) is 2.92. The highest BCUT2D eigenvalue weighted by molar-refractivity contribution is 7.93. The first-order chi connectivity index (χ1) is 11.7. The van der Waals surface area contributed by atoms with Crippen LogP contribution in [0.15, 0.2) is 22.4 Å². The summed E-state index contributed by atoms with van der Waals surface area (Å²) in [6.45, 7) is 3.15. The Morgan fingerprint density at radius 2 is 2.00 bits per heavy atom. The van der Waals surface area contributed by atoms with Crippen LogP contribution in [0, 0.1) is 6.92 Å². The van der Waals surface area contributed by atoms with Crippen molar-refractivity contribution in [2.24, 2.45) is 0 Å². The molecule has 0 saturated heterocycles. The van der Waals surface area contributed by atoms with Gasteiger partial charge in [0, 0.05) is 10.4 Å². The van der Waals surface area contributed by atoms with Crippen LogP contribution in [0.2, 0.25) is 10.0 Å². The Kier molecular flexibility index (Phi) is 6.04. The lowest BCUT2D eigenvalue weighted by Gasteiger charge is -2.10. The largest absolute Gasteiger partial charge is 0.460 e. The van der Waals surface area contributed by atoms with E-state index < -0.39 is 21.8 Å². The van der Waals surface area contributed by atoms with Crippen molar-refractivity contribution in [1.29, 1.82) is 0 Å². The summed E-state index contributed by atoms with van der Waals surface area (Å²) in [7, 11) is -4.05. The SMILES string of the molecule is CCOC(=O)C(=O)c1csc(NS(=O)(=O)c2c(C)cc(Cl)cc2Cl)n1. The number of thiazole rings is 1. The van der Waals surface area contributed by atoms with Gasteiger partial charge in [-0.05, 0) is 31.5 Å². The normalized spacial score (nSPS) is 11.2. The number of aryl methyl sites for hydroxylation is 1. The fourth-order valence-corrected chi connectivity index (χ4v) is 5.05. The molecule has 2 rings (SSSR count). The van der Waals surface area contributed by atoms with Crippen LogP contribution < -0.4 is 4.72 Å². The number of Topliss-reactive ketones (excluding diaryl/α,β-unsaturated/α-hetero) is 1. The third kappa shape index (κ3) is 4.49. The highest BCUT2D eigenvalue weighted by Crippen LogP contribution is 2.31. The van der Waals surface area contributed by atoms with Crippen molar-refractivity contribution < 1.29 is 22.7 Å². The van der Waals surface area contributed by atoms with Crippen molar-refractivity contribution in [1.82, 2.24) is 4.98 Å². The van der Waals surface area contributed by atoms with Crippen molar-refractivity contribution >= 4 is 61.4 Å². The summed E-state index contributed by atoms with van der Waals surface area (Å²) in [4.78, 5) is 26.9. The van der Waals surface area contributed by atoms with Gasteiger partial charge in [0.2, 0.25) is 0 Å². The molecule has 0 aliphatic heterocycles. The smallest absolute Gasteiger partial charge is 0.381 e. The number of benzene rings is 1.